The van der Waals surface area contributed by atoms with Gasteiger partial charge < -0.3 is 20.5 Å². The van der Waals surface area contributed by atoms with Gasteiger partial charge in [0, 0.05) is 31.7 Å². The van der Waals surface area contributed by atoms with Crippen molar-refractivity contribution >= 4 is 5.91 Å². The lowest BCUT2D eigenvalue weighted by molar-refractivity contribution is 0.0907. The van der Waals surface area contributed by atoms with E-state index in [0.29, 0.717) is 37.0 Å². The Morgan fingerprint density at radius 3 is 2.91 bits per heavy atom. The quantitative estimate of drug-likeness (QED) is 0.721. The summed E-state index contributed by atoms with van der Waals surface area (Å²) in [5.74, 6) is 1.06. The van der Waals surface area contributed by atoms with Crippen molar-refractivity contribution in [3.8, 4) is 5.75 Å². The molecule has 1 aromatic rings. The fraction of sp³-hybridized carbons (Fsp3) is 0.611. The van der Waals surface area contributed by atoms with Crippen LogP contribution in [0.4, 0.5) is 0 Å². The number of rotatable bonds is 8. The minimum atomic E-state index is -0.0438. The van der Waals surface area contributed by atoms with Crippen LogP contribution < -0.4 is 15.8 Å². The van der Waals surface area contributed by atoms with Crippen LogP contribution in [0.15, 0.2) is 24.3 Å². The highest BCUT2D eigenvalue weighted by molar-refractivity contribution is 5.94. The number of amides is 1. The van der Waals surface area contributed by atoms with E-state index in [1.54, 1.807) is 13.2 Å². The van der Waals surface area contributed by atoms with E-state index in [1.165, 1.54) is 6.42 Å². The molecule has 3 N–H and O–H groups in total. The molecule has 1 amide bonds. The molecule has 5 heteroatoms. The summed E-state index contributed by atoms with van der Waals surface area (Å²) in [6.45, 7) is 1.88. The Kier molecular flexibility index (Phi) is 7.36. The molecule has 0 aliphatic heterocycles. The Labute approximate surface area is 138 Å². The average molecular weight is 320 g/mol. The number of ether oxygens (including phenoxy) is 2. The monoisotopic (exact) mass is 320 g/mol. The van der Waals surface area contributed by atoms with Gasteiger partial charge in [0.15, 0.2) is 0 Å². The van der Waals surface area contributed by atoms with Crippen LogP contribution in [0.1, 0.15) is 42.5 Å². The van der Waals surface area contributed by atoms with Crippen LogP contribution in [0.3, 0.4) is 0 Å². The van der Waals surface area contributed by atoms with Crippen LogP contribution >= 0.6 is 0 Å². The minimum Gasteiger partial charge on any atom is -0.493 e. The Morgan fingerprint density at radius 1 is 1.30 bits per heavy atom. The average Bonchev–Trinajstić information content (AvgIpc) is 2.59. The van der Waals surface area contributed by atoms with Gasteiger partial charge in [-0.1, -0.05) is 18.9 Å². The summed E-state index contributed by atoms with van der Waals surface area (Å²) in [6.07, 6.45) is 5.31. The highest BCUT2D eigenvalue weighted by atomic mass is 16.5. The first kappa shape index (κ1) is 17.8. The van der Waals surface area contributed by atoms with Crippen LogP contribution in [0.2, 0.25) is 0 Å². The molecule has 1 aliphatic rings. The zero-order valence-corrected chi connectivity index (χ0v) is 13.9. The van der Waals surface area contributed by atoms with E-state index in [1.807, 2.05) is 18.2 Å². The zero-order valence-electron chi connectivity index (χ0n) is 13.9. The van der Waals surface area contributed by atoms with Crippen molar-refractivity contribution in [2.75, 3.05) is 26.9 Å². The third-order valence-corrected chi connectivity index (χ3v) is 4.39. The zero-order chi connectivity index (χ0) is 16.5. The number of carbonyl (C=O) groups is 1. The molecule has 0 spiro atoms. The van der Waals surface area contributed by atoms with Gasteiger partial charge >= 0.3 is 0 Å². The van der Waals surface area contributed by atoms with Gasteiger partial charge in [0.2, 0.25) is 0 Å². The Morgan fingerprint density at radius 2 is 2.13 bits per heavy atom. The standard InChI is InChI=1S/C18H28N2O3/c1-22-10-5-11-23-16-8-4-7-14(12-16)18(21)20-17-9-3-2-6-15(17)13-19/h4,7-8,12,15,17H,2-3,5-6,9-11,13,19H2,1H3,(H,20,21). The molecule has 0 radical (unpaired) electrons. The van der Waals surface area contributed by atoms with E-state index in [0.717, 1.165) is 25.7 Å². The fourth-order valence-electron chi connectivity index (χ4n) is 3.05. The number of hydrogen-bond acceptors (Lipinski definition) is 4. The van der Waals surface area contributed by atoms with Gasteiger partial charge in [-0.05, 0) is 43.5 Å². The van der Waals surface area contributed by atoms with E-state index in [-0.39, 0.29) is 11.9 Å². The van der Waals surface area contributed by atoms with E-state index in [9.17, 15) is 4.79 Å². The van der Waals surface area contributed by atoms with Crippen molar-refractivity contribution in [2.24, 2.45) is 11.7 Å². The molecule has 0 bridgehead atoms. The molecule has 0 heterocycles. The molecular formula is C18H28N2O3. The first-order valence-corrected chi connectivity index (χ1v) is 8.47. The normalized spacial score (nSPS) is 21.0. The molecule has 1 aliphatic carbocycles. The second kappa shape index (κ2) is 9.53. The molecule has 0 aromatic heterocycles. The summed E-state index contributed by atoms with van der Waals surface area (Å²) in [5.41, 5.74) is 6.46. The first-order valence-electron chi connectivity index (χ1n) is 8.47. The third kappa shape index (κ3) is 5.52. The van der Waals surface area contributed by atoms with Crippen LogP contribution in [-0.2, 0) is 4.74 Å². The highest BCUT2D eigenvalue weighted by Crippen LogP contribution is 2.24. The van der Waals surface area contributed by atoms with Gasteiger partial charge in [-0.15, -0.1) is 0 Å². The molecule has 2 unspecified atom stereocenters. The molecule has 1 saturated carbocycles. The molecule has 1 fully saturated rings. The van der Waals surface area contributed by atoms with E-state index < -0.39 is 0 Å². The van der Waals surface area contributed by atoms with Gasteiger partial charge in [-0.3, -0.25) is 4.79 Å². The second-order valence-corrected chi connectivity index (χ2v) is 6.08. The van der Waals surface area contributed by atoms with Crippen molar-refractivity contribution in [2.45, 2.75) is 38.1 Å². The molecular weight excluding hydrogens is 292 g/mol. The van der Waals surface area contributed by atoms with Gasteiger partial charge in [0.1, 0.15) is 5.75 Å². The van der Waals surface area contributed by atoms with Gasteiger partial charge in [-0.25, -0.2) is 0 Å². The third-order valence-electron chi connectivity index (χ3n) is 4.39. The number of benzene rings is 1. The second-order valence-electron chi connectivity index (χ2n) is 6.08. The van der Waals surface area contributed by atoms with Gasteiger partial charge in [-0.2, -0.15) is 0 Å². The van der Waals surface area contributed by atoms with E-state index in [2.05, 4.69) is 5.32 Å². The number of methoxy groups -OCH3 is 1. The summed E-state index contributed by atoms with van der Waals surface area (Å²) in [7, 11) is 1.67. The summed E-state index contributed by atoms with van der Waals surface area (Å²) in [5, 5.41) is 3.15. The smallest absolute Gasteiger partial charge is 0.251 e. The predicted molar refractivity (Wildman–Crippen MR) is 90.7 cm³/mol. The summed E-state index contributed by atoms with van der Waals surface area (Å²) in [4.78, 5) is 12.5. The topological polar surface area (TPSA) is 73.6 Å². The van der Waals surface area contributed by atoms with Crippen LogP contribution in [0.5, 0.6) is 5.75 Å². The number of hydrogen-bond donors (Lipinski definition) is 2. The molecule has 2 atom stereocenters. The first-order chi connectivity index (χ1) is 11.2. The lowest BCUT2D eigenvalue weighted by atomic mass is 9.84. The maximum absolute atomic E-state index is 12.5. The van der Waals surface area contributed by atoms with Crippen molar-refractivity contribution in [1.29, 1.82) is 0 Å². The lowest BCUT2D eigenvalue weighted by Gasteiger charge is -2.31. The Balaban J connectivity index is 1.90. The predicted octanol–water partition coefficient (Wildman–Crippen LogP) is 2.35. The van der Waals surface area contributed by atoms with Gasteiger partial charge in [0.05, 0.1) is 6.61 Å². The van der Waals surface area contributed by atoms with Crippen LogP contribution in [0, 0.1) is 5.92 Å². The summed E-state index contributed by atoms with van der Waals surface area (Å²) in [6, 6.07) is 7.52. The Bertz CT molecular complexity index is 493. The maximum Gasteiger partial charge on any atom is 0.251 e. The van der Waals surface area contributed by atoms with Crippen molar-refractivity contribution < 1.29 is 14.3 Å². The molecule has 1 aromatic carbocycles. The molecule has 0 saturated heterocycles. The van der Waals surface area contributed by atoms with Crippen molar-refractivity contribution in [3.63, 3.8) is 0 Å². The van der Waals surface area contributed by atoms with E-state index >= 15 is 0 Å². The van der Waals surface area contributed by atoms with Crippen LogP contribution in [-0.4, -0.2) is 38.8 Å². The van der Waals surface area contributed by atoms with Crippen molar-refractivity contribution in [3.05, 3.63) is 29.8 Å². The van der Waals surface area contributed by atoms with E-state index in [4.69, 9.17) is 15.2 Å². The van der Waals surface area contributed by atoms with Gasteiger partial charge in [0.25, 0.3) is 5.91 Å². The number of nitrogens with one attached hydrogen (secondary N) is 1. The number of nitrogens with two attached hydrogens (primary N) is 1. The highest BCUT2D eigenvalue weighted by Gasteiger charge is 2.25. The Hall–Kier alpha value is -1.59. The molecule has 23 heavy (non-hydrogen) atoms. The van der Waals surface area contributed by atoms with Crippen LogP contribution in [0.25, 0.3) is 0 Å². The fourth-order valence-corrected chi connectivity index (χ4v) is 3.05. The minimum absolute atomic E-state index is 0.0438. The number of carbonyl (C=O) groups excluding carboxylic acids is 1. The largest absolute Gasteiger partial charge is 0.493 e. The molecule has 5 nitrogen and oxygen atoms in total. The van der Waals surface area contributed by atoms with Crippen molar-refractivity contribution in [1.82, 2.24) is 5.32 Å². The molecule has 2 rings (SSSR count). The lowest BCUT2D eigenvalue weighted by Crippen LogP contribution is -2.44. The maximum atomic E-state index is 12.5. The SMILES string of the molecule is COCCCOc1cccc(C(=O)NC2CCCCC2CN)c1. The summed E-state index contributed by atoms with van der Waals surface area (Å²) >= 11 is 0. The molecule has 128 valence electrons. The summed E-state index contributed by atoms with van der Waals surface area (Å²) < 4.78 is 10.6.